The number of fused-ring (bicyclic) bond motifs is 2. The number of hydrogen-bond acceptors (Lipinski definition) is 5. The summed E-state index contributed by atoms with van der Waals surface area (Å²) in [6.45, 7) is 3.47. The molecule has 13 heavy (non-hydrogen) atoms. The normalized spacial score (nSPS) is 37.1. The molecule has 0 aliphatic carbocycles. The van der Waals surface area contributed by atoms with Crippen LogP contribution in [0.5, 0.6) is 0 Å². The molecule has 2 N–H and O–H groups in total. The van der Waals surface area contributed by atoms with E-state index < -0.39 is 0 Å². The number of anilines is 1. The van der Waals surface area contributed by atoms with Crippen molar-refractivity contribution in [1.29, 1.82) is 0 Å². The van der Waals surface area contributed by atoms with E-state index in [1.54, 1.807) is 4.80 Å². The van der Waals surface area contributed by atoms with Crippen LogP contribution in [-0.2, 0) is 0 Å². The Morgan fingerprint density at radius 1 is 1.38 bits per heavy atom. The van der Waals surface area contributed by atoms with Crippen LogP contribution in [0.15, 0.2) is 0 Å². The second-order valence-corrected chi connectivity index (χ2v) is 3.84. The summed E-state index contributed by atoms with van der Waals surface area (Å²) in [5.74, 6) is 0.978. The summed E-state index contributed by atoms with van der Waals surface area (Å²) in [5, 5.41) is 11.7. The molecular formula is C7H12N6. The van der Waals surface area contributed by atoms with Crippen molar-refractivity contribution >= 4 is 5.95 Å². The lowest BCUT2D eigenvalue weighted by molar-refractivity contribution is 0.263. The van der Waals surface area contributed by atoms with Gasteiger partial charge < -0.3 is 10.6 Å². The highest BCUT2D eigenvalue weighted by Crippen LogP contribution is 2.35. The fourth-order valence-corrected chi connectivity index (χ4v) is 2.39. The first-order valence-electron chi connectivity index (χ1n) is 4.60. The van der Waals surface area contributed by atoms with Gasteiger partial charge in [0.1, 0.15) is 0 Å². The molecule has 3 unspecified atom stereocenters. The average molecular weight is 180 g/mol. The number of nitrogen functional groups attached to an aromatic ring is 1. The number of rotatable bonds is 1. The number of piperidine rings is 1. The number of nitrogens with two attached hydrogens (primary N) is 1. The first kappa shape index (κ1) is 7.25. The minimum Gasteiger partial charge on any atom is -0.365 e. The lowest BCUT2D eigenvalue weighted by Gasteiger charge is -2.20. The van der Waals surface area contributed by atoms with Crippen molar-refractivity contribution in [2.24, 2.45) is 5.92 Å². The Morgan fingerprint density at radius 3 is 2.85 bits per heavy atom. The molecule has 0 aromatic carbocycles. The zero-order valence-corrected chi connectivity index (χ0v) is 7.30. The molecule has 0 radical (unpaired) electrons. The summed E-state index contributed by atoms with van der Waals surface area (Å²) in [6, 6.07) is 0.401. The van der Waals surface area contributed by atoms with Crippen LogP contribution in [-0.4, -0.2) is 44.7 Å². The number of nitrogens with zero attached hydrogens (tertiary/aromatic N) is 5. The van der Waals surface area contributed by atoms with Crippen molar-refractivity contribution in [3.05, 3.63) is 0 Å². The smallest absolute Gasteiger partial charge is 0.260 e. The SMILES string of the molecule is Nc1nnn(C2CN3CCC2C3)n1. The summed E-state index contributed by atoms with van der Waals surface area (Å²) in [4.78, 5) is 4.12. The van der Waals surface area contributed by atoms with Gasteiger partial charge in [0.2, 0.25) is 0 Å². The van der Waals surface area contributed by atoms with Gasteiger partial charge in [-0.05, 0) is 24.1 Å². The van der Waals surface area contributed by atoms with Crippen molar-refractivity contribution < 1.29 is 0 Å². The number of tetrazole rings is 1. The molecule has 6 nitrogen and oxygen atoms in total. The molecule has 2 saturated heterocycles. The Hall–Kier alpha value is -1.17. The molecule has 2 bridgehead atoms. The predicted octanol–water partition coefficient (Wildman–Crippen LogP) is -0.868. The second-order valence-electron chi connectivity index (χ2n) is 3.84. The Balaban J connectivity index is 1.87. The van der Waals surface area contributed by atoms with Crippen LogP contribution in [0.2, 0.25) is 0 Å². The molecule has 70 valence electrons. The predicted molar refractivity (Wildman–Crippen MR) is 45.8 cm³/mol. The van der Waals surface area contributed by atoms with Crippen molar-refractivity contribution in [2.75, 3.05) is 25.4 Å². The lowest BCUT2D eigenvalue weighted by Crippen LogP contribution is -2.27. The molecule has 0 amide bonds. The maximum Gasteiger partial charge on any atom is 0.260 e. The molecule has 2 aliphatic rings. The van der Waals surface area contributed by atoms with Crippen LogP contribution in [0.4, 0.5) is 5.95 Å². The highest BCUT2D eigenvalue weighted by Gasteiger charge is 2.40. The van der Waals surface area contributed by atoms with Gasteiger partial charge >= 0.3 is 0 Å². The minimum atomic E-state index is 0.276. The van der Waals surface area contributed by atoms with Crippen LogP contribution >= 0.6 is 0 Å². The largest absolute Gasteiger partial charge is 0.365 e. The Morgan fingerprint density at radius 2 is 2.31 bits per heavy atom. The summed E-state index contributed by atoms with van der Waals surface area (Å²) >= 11 is 0. The number of aromatic nitrogens is 4. The molecule has 1 aromatic rings. The van der Waals surface area contributed by atoms with Gasteiger partial charge in [0.15, 0.2) is 0 Å². The first-order valence-corrected chi connectivity index (χ1v) is 4.60. The topological polar surface area (TPSA) is 72.9 Å². The molecule has 0 spiro atoms. The molecule has 3 atom stereocenters. The van der Waals surface area contributed by atoms with Crippen molar-refractivity contribution in [1.82, 2.24) is 25.1 Å². The zero-order valence-electron chi connectivity index (χ0n) is 7.30. The highest BCUT2D eigenvalue weighted by molar-refractivity contribution is 5.07. The third kappa shape index (κ3) is 1.02. The van der Waals surface area contributed by atoms with E-state index in [1.165, 1.54) is 19.5 Å². The van der Waals surface area contributed by atoms with Crippen LogP contribution < -0.4 is 5.73 Å². The molecule has 3 heterocycles. The monoisotopic (exact) mass is 180 g/mol. The quantitative estimate of drug-likeness (QED) is 0.608. The van der Waals surface area contributed by atoms with Gasteiger partial charge in [0.05, 0.1) is 6.04 Å². The molecule has 2 fully saturated rings. The van der Waals surface area contributed by atoms with Crippen molar-refractivity contribution in [2.45, 2.75) is 12.5 Å². The lowest BCUT2D eigenvalue weighted by atomic mass is 10.0. The van der Waals surface area contributed by atoms with Crippen LogP contribution in [0.3, 0.4) is 0 Å². The summed E-state index contributed by atoms with van der Waals surface area (Å²) in [7, 11) is 0. The minimum absolute atomic E-state index is 0.276. The molecule has 3 rings (SSSR count). The molecule has 2 aliphatic heterocycles. The summed E-state index contributed by atoms with van der Waals surface area (Å²) < 4.78 is 0. The highest BCUT2D eigenvalue weighted by atomic mass is 15.6. The third-order valence-electron chi connectivity index (χ3n) is 3.04. The van der Waals surface area contributed by atoms with Gasteiger partial charge in [0, 0.05) is 13.1 Å². The van der Waals surface area contributed by atoms with E-state index in [-0.39, 0.29) is 5.95 Å². The van der Waals surface area contributed by atoms with Crippen molar-refractivity contribution in [3.63, 3.8) is 0 Å². The third-order valence-corrected chi connectivity index (χ3v) is 3.04. The first-order chi connectivity index (χ1) is 6.33. The van der Waals surface area contributed by atoms with Gasteiger partial charge in [-0.25, -0.2) is 0 Å². The van der Waals surface area contributed by atoms with E-state index in [1.807, 2.05) is 0 Å². The zero-order chi connectivity index (χ0) is 8.84. The van der Waals surface area contributed by atoms with Crippen LogP contribution in [0.25, 0.3) is 0 Å². The standard InChI is InChI=1S/C7H12N6/c8-7-9-11-13(10-7)6-4-12-2-1-5(6)3-12/h5-6H,1-4H2,(H2,8,10). The Kier molecular flexibility index (Phi) is 1.35. The van der Waals surface area contributed by atoms with E-state index in [4.69, 9.17) is 5.73 Å². The second kappa shape index (κ2) is 2.41. The van der Waals surface area contributed by atoms with E-state index >= 15 is 0 Å². The fourth-order valence-electron chi connectivity index (χ4n) is 2.39. The number of hydrogen-bond donors (Lipinski definition) is 1. The van der Waals surface area contributed by atoms with Gasteiger partial charge in [-0.2, -0.15) is 4.80 Å². The van der Waals surface area contributed by atoms with Crippen LogP contribution in [0.1, 0.15) is 12.5 Å². The average Bonchev–Trinajstić information content (AvgIpc) is 2.77. The molecule has 0 saturated carbocycles. The fraction of sp³-hybridized carbons (Fsp3) is 0.857. The molecule has 6 heteroatoms. The van der Waals surface area contributed by atoms with E-state index in [0.717, 1.165) is 6.54 Å². The Bertz CT molecular complexity index is 321. The summed E-state index contributed by atoms with van der Waals surface area (Å²) in [5.41, 5.74) is 5.43. The van der Waals surface area contributed by atoms with Gasteiger partial charge in [-0.3, -0.25) is 0 Å². The van der Waals surface area contributed by atoms with Gasteiger partial charge in [0.25, 0.3) is 5.95 Å². The van der Waals surface area contributed by atoms with Crippen molar-refractivity contribution in [3.8, 4) is 0 Å². The van der Waals surface area contributed by atoms with E-state index in [9.17, 15) is 0 Å². The van der Waals surface area contributed by atoms with Gasteiger partial charge in [-0.15, -0.1) is 5.10 Å². The van der Waals surface area contributed by atoms with Crippen LogP contribution in [0, 0.1) is 5.92 Å². The summed E-state index contributed by atoms with van der Waals surface area (Å²) in [6.07, 6.45) is 1.26. The van der Waals surface area contributed by atoms with E-state index in [2.05, 4.69) is 20.3 Å². The molecule has 1 aromatic heterocycles. The van der Waals surface area contributed by atoms with E-state index in [0.29, 0.717) is 12.0 Å². The maximum atomic E-state index is 5.43. The maximum absolute atomic E-state index is 5.43. The molecular weight excluding hydrogens is 168 g/mol. The Labute approximate surface area is 75.7 Å². The van der Waals surface area contributed by atoms with Gasteiger partial charge in [-0.1, -0.05) is 5.10 Å².